The highest BCUT2D eigenvalue weighted by Gasteiger charge is 2.21. The molecule has 1 aliphatic rings. The molecule has 4 rings (SSSR count). The van der Waals surface area contributed by atoms with E-state index in [0.717, 1.165) is 59.8 Å². The van der Waals surface area contributed by atoms with Crippen molar-refractivity contribution in [1.82, 2.24) is 14.6 Å². The topological polar surface area (TPSA) is 89.5 Å². The van der Waals surface area contributed by atoms with E-state index in [2.05, 4.69) is 22.5 Å². The fourth-order valence-electron chi connectivity index (χ4n) is 3.61. The third-order valence-electron chi connectivity index (χ3n) is 5.23. The first-order valence-electron chi connectivity index (χ1n) is 9.41. The standard InChI is InChI=1S/C20H26N6O/c1-13-18(23-16-4-3-5-17(12-16)27-2)20-22-10-11-26(20)25-19(13)24-15-8-6-14(21)7-9-15/h3-5,10-12,14-15,23H,6-9,21H2,1-2H3,(H,24,25)/t14-,15-. The van der Waals surface area contributed by atoms with E-state index in [-0.39, 0.29) is 0 Å². The van der Waals surface area contributed by atoms with E-state index in [4.69, 9.17) is 15.6 Å². The normalized spacial score (nSPS) is 19.8. The molecule has 0 radical (unpaired) electrons. The lowest BCUT2D eigenvalue weighted by molar-refractivity contribution is 0.410. The lowest BCUT2D eigenvalue weighted by Gasteiger charge is -2.28. The molecular formula is C20H26N6O. The highest BCUT2D eigenvalue weighted by molar-refractivity contribution is 5.80. The Bertz CT molecular complexity index is 929. The van der Waals surface area contributed by atoms with Crippen molar-refractivity contribution in [3.8, 4) is 5.75 Å². The minimum atomic E-state index is 0.332. The zero-order chi connectivity index (χ0) is 18.8. The second kappa shape index (κ2) is 7.44. The highest BCUT2D eigenvalue weighted by atomic mass is 16.5. The van der Waals surface area contributed by atoms with Crippen LogP contribution < -0.4 is 21.1 Å². The van der Waals surface area contributed by atoms with Crippen LogP contribution in [0.25, 0.3) is 5.65 Å². The van der Waals surface area contributed by atoms with E-state index in [9.17, 15) is 0 Å². The minimum Gasteiger partial charge on any atom is -0.497 e. The van der Waals surface area contributed by atoms with E-state index in [1.54, 1.807) is 13.3 Å². The molecule has 142 valence electrons. The van der Waals surface area contributed by atoms with Gasteiger partial charge in [0.2, 0.25) is 0 Å². The third-order valence-corrected chi connectivity index (χ3v) is 5.23. The second-order valence-electron chi connectivity index (χ2n) is 7.16. The minimum absolute atomic E-state index is 0.332. The summed E-state index contributed by atoms with van der Waals surface area (Å²) >= 11 is 0. The molecule has 7 heteroatoms. The Balaban J connectivity index is 1.66. The number of hydrogen-bond acceptors (Lipinski definition) is 6. The summed E-state index contributed by atoms with van der Waals surface area (Å²) in [6, 6.07) is 8.61. The number of aromatic nitrogens is 3. The van der Waals surface area contributed by atoms with Crippen molar-refractivity contribution in [1.29, 1.82) is 0 Å². The van der Waals surface area contributed by atoms with Gasteiger partial charge in [0, 0.05) is 41.8 Å². The summed E-state index contributed by atoms with van der Waals surface area (Å²) in [5.41, 5.74) is 9.77. The predicted molar refractivity (Wildman–Crippen MR) is 108 cm³/mol. The predicted octanol–water partition coefficient (Wildman–Crippen LogP) is 3.47. The first-order valence-corrected chi connectivity index (χ1v) is 9.41. The molecule has 1 fully saturated rings. The Labute approximate surface area is 158 Å². The number of hydrogen-bond donors (Lipinski definition) is 3. The number of anilines is 3. The van der Waals surface area contributed by atoms with Gasteiger partial charge in [0.1, 0.15) is 5.75 Å². The van der Waals surface area contributed by atoms with Gasteiger partial charge in [-0.1, -0.05) is 6.07 Å². The molecule has 1 aromatic carbocycles. The van der Waals surface area contributed by atoms with Crippen LogP contribution in [0.15, 0.2) is 36.7 Å². The van der Waals surface area contributed by atoms with Gasteiger partial charge in [0.25, 0.3) is 0 Å². The lowest BCUT2D eigenvalue weighted by atomic mass is 9.92. The van der Waals surface area contributed by atoms with Crippen LogP contribution >= 0.6 is 0 Å². The third kappa shape index (κ3) is 3.68. The fourth-order valence-corrected chi connectivity index (χ4v) is 3.61. The molecule has 1 aliphatic carbocycles. The van der Waals surface area contributed by atoms with Crippen molar-refractivity contribution in [3.63, 3.8) is 0 Å². The number of methoxy groups -OCH3 is 1. The average molecular weight is 366 g/mol. The Morgan fingerprint density at radius 1 is 1.22 bits per heavy atom. The van der Waals surface area contributed by atoms with Crippen LogP contribution in [0.2, 0.25) is 0 Å². The van der Waals surface area contributed by atoms with Gasteiger partial charge in [-0.3, -0.25) is 0 Å². The zero-order valence-electron chi connectivity index (χ0n) is 15.8. The molecule has 0 unspecified atom stereocenters. The van der Waals surface area contributed by atoms with Gasteiger partial charge >= 0.3 is 0 Å². The van der Waals surface area contributed by atoms with E-state index in [0.29, 0.717) is 12.1 Å². The maximum absolute atomic E-state index is 6.04. The SMILES string of the molecule is COc1cccc(Nc2c(C)c(N[C@H]3CC[C@H](N)CC3)nn3ccnc23)c1. The Hall–Kier alpha value is -2.80. The summed E-state index contributed by atoms with van der Waals surface area (Å²) in [5, 5.41) is 11.8. The molecule has 0 atom stereocenters. The van der Waals surface area contributed by atoms with Gasteiger partial charge in [-0.15, -0.1) is 5.10 Å². The molecule has 0 saturated heterocycles. The van der Waals surface area contributed by atoms with E-state index in [1.807, 2.05) is 35.0 Å². The van der Waals surface area contributed by atoms with Gasteiger partial charge < -0.3 is 21.1 Å². The maximum atomic E-state index is 6.04. The Morgan fingerprint density at radius 2 is 2.04 bits per heavy atom. The van der Waals surface area contributed by atoms with Crippen LogP contribution in [-0.4, -0.2) is 33.8 Å². The van der Waals surface area contributed by atoms with Crippen molar-refractivity contribution in [2.45, 2.75) is 44.7 Å². The van der Waals surface area contributed by atoms with Gasteiger partial charge in [-0.2, -0.15) is 0 Å². The lowest BCUT2D eigenvalue weighted by Crippen LogP contribution is -2.33. The van der Waals surface area contributed by atoms with Crippen molar-refractivity contribution >= 4 is 22.8 Å². The zero-order valence-corrected chi connectivity index (χ0v) is 15.8. The summed E-state index contributed by atoms with van der Waals surface area (Å²) in [5.74, 6) is 1.69. The number of nitrogens with one attached hydrogen (secondary N) is 2. The number of benzene rings is 1. The molecule has 3 aromatic rings. The van der Waals surface area contributed by atoms with Gasteiger partial charge in [0.05, 0.1) is 12.8 Å². The fraction of sp³-hybridized carbons (Fsp3) is 0.400. The molecule has 0 bridgehead atoms. The Morgan fingerprint density at radius 3 is 2.81 bits per heavy atom. The number of imidazole rings is 1. The number of nitrogens with two attached hydrogens (primary N) is 1. The molecule has 2 aromatic heterocycles. The highest BCUT2D eigenvalue weighted by Crippen LogP contribution is 2.31. The molecule has 27 heavy (non-hydrogen) atoms. The summed E-state index contributed by atoms with van der Waals surface area (Å²) in [6.45, 7) is 2.07. The summed E-state index contributed by atoms with van der Waals surface area (Å²) in [6.07, 6.45) is 7.89. The molecule has 2 heterocycles. The van der Waals surface area contributed by atoms with Crippen LogP contribution in [0, 0.1) is 6.92 Å². The van der Waals surface area contributed by atoms with E-state index < -0.39 is 0 Å². The Kier molecular flexibility index (Phi) is 4.85. The molecule has 7 nitrogen and oxygen atoms in total. The van der Waals surface area contributed by atoms with Crippen molar-refractivity contribution < 1.29 is 4.74 Å². The van der Waals surface area contributed by atoms with Crippen molar-refractivity contribution in [3.05, 3.63) is 42.2 Å². The molecule has 0 aliphatic heterocycles. The summed E-state index contributed by atoms with van der Waals surface area (Å²) in [7, 11) is 1.67. The molecule has 0 spiro atoms. The number of nitrogens with zero attached hydrogens (tertiary/aromatic N) is 3. The van der Waals surface area contributed by atoms with Crippen LogP contribution in [0.5, 0.6) is 5.75 Å². The quantitative estimate of drug-likeness (QED) is 0.641. The van der Waals surface area contributed by atoms with Crippen molar-refractivity contribution in [2.75, 3.05) is 17.7 Å². The first kappa shape index (κ1) is 17.6. The molecule has 1 saturated carbocycles. The number of ether oxygens (including phenoxy) is 1. The molecule has 4 N–H and O–H groups in total. The largest absolute Gasteiger partial charge is 0.497 e. The first-order chi connectivity index (χ1) is 13.1. The summed E-state index contributed by atoms with van der Waals surface area (Å²) in [4.78, 5) is 4.48. The molecular weight excluding hydrogens is 340 g/mol. The van der Waals surface area contributed by atoms with Crippen LogP contribution in [0.4, 0.5) is 17.2 Å². The summed E-state index contributed by atoms with van der Waals surface area (Å²) < 4.78 is 7.14. The second-order valence-corrected chi connectivity index (χ2v) is 7.16. The van der Waals surface area contributed by atoms with Crippen LogP contribution in [-0.2, 0) is 0 Å². The van der Waals surface area contributed by atoms with Gasteiger partial charge in [0.15, 0.2) is 11.5 Å². The van der Waals surface area contributed by atoms with E-state index in [1.165, 1.54) is 0 Å². The average Bonchev–Trinajstić information content (AvgIpc) is 3.15. The molecule has 0 amide bonds. The smallest absolute Gasteiger partial charge is 0.177 e. The monoisotopic (exact) mass is 366 g/mol. The van der Waals surface area contributed by atoms with Gasteiger partial charge in [-0.05, 0) is 44.7 Å². The van der Waals surface area contributed by atoms with Crippen LogP contribution in [0.3, 0.4) is 0 Å². The van der Waals surface area contributed by atoms with Crippen LogP contribution in [0.1, 0.15) is 31.2 Å². The maximum Gasteiger partial charge on any atom is 0.177 e. The number of rotatable bonds is 5. The van der Waals surface area contributed by atoms with E-state index >= 15 is 0 Å². The van der Waals surface area contributed by atoms with Crippen molar-refractivity contribution in [2.24, 2.45) is 5.73 Å². The number of fused-ring (bicyclic) bond motifs is 1. The van der Waals surface area contributed by atoms with Gasteiger partial charge in [-0.25, -0.2) is 9.50 Å².